The van der Waals surface area contributed by atoms with E-state index in [0.29, 0.717) is 0 Å². The average molecular weight is 386 g/mol. The molecule has 0 fully saturated rings. The van der Waals surface area contributed by atoms with E-state index in [9.17, 15) is 0 Å². The lowest BCUT2D eigenvalue weighted by molar-refractivity contribution is 1.32. The van der Waals surface area contributed by atoms with Gasteiger partial charge in [0.2, 0.25) is 0 Å². The van der Waals surface area contributed by atoms with E-state index in [0.717, 1.165) is 21.3 Å². The fourth-order valence-corrected chi connectivity index (χ4v) is 3.31. The fraction of sp³-hybridized carbons (Fsp3) is 0. The lowest BCUT2D eigenvalue weighted by atomic mass is 9.91. The smallest absolute Gasteiger partial charge is 0.0786 e. The van der Waals surface area contributed by atoms with Gasteiger partial charge in [0.25, 0.3) is 0 Å². The summed E-state index contributed by atoms with van der Waals surface area (Å²) in [4.78, 5) is 4.72. The van der Waals surface area contributed by atoms with Crippen molar-refractivity contribution in [3.8, 4) is 33.5 Å². The predicted octanol–water partition coefficient (Wildman–Crippen LogP) is 6.85. The zero-order valence-electron chi connectivity index (χ0n) is 13.6. The lowest BCUT2D eigenvalue weighted by Crippen LogP contribution is -1.93. The highest BCUT2D eigenvalue weighted by molar-refractivity contribution is 9.10. The first-order valence-electron chi connectivity index (χ1n) is 8.19. The zero-order valence-corrected chi connectivity index (χ0v) is 15.1. The van der Waals surface area contributed by atoms with Crippen LogP contribution in [0.1, 0.15) is 0 Å². The summed E-state index contributed by atoms with van der Waals surface area (Å²) < 4.78 is 1.08. The average Bonchev–Trinajstić information content (AvgIpc) is 2.69. The Balaban J connectivity index is 2.00. The standard InChI is InChI=1S/C23H16BrN/c24-20-13-11-17(12-14-20)21-15-16-25-23(19-9-5-2-6-10-19)22(21)18-7-3-1-4-8-18/h1-16H. The maximum absolute atomic E-state index is 4.72. The van der Waals surface area contributed by atoms with Crippen LogP contribution in [-0.2, 0) is 0 Å². The maximum Gasteiger partial charge on any atom is 0.0786 e. The molecule has 4 aromatic rings. The molecule has 0 amide bonds. The van der Waals surface area contributed by atoms with Crippen LogP contribution in [0.25, 0.3) is 33.5 Å². The molecule has 0 aliphatic carbocycles. The monoisotopic (exact) mass is 385 g/mol. The minimum Gasteiger partial charge on any atom is -0.256 e. The second-order valence-corrected chi connectivity index (χ2v) is 6.74. The summed E-state index contributed by atoms with van der Waals surface area (Å²) in [6.45, 7) is 0. The van der Waals surface area contributed by atoms with Crippen LogP contribution in [0.5, 0.6) is 0 Å². The van der Waals surface area contributed by atoms with Gasteiger partial charge in [-0.3, -0.25) is 4.98 Å². The van der Waals surface area contributed by atoms with Crippen molar-refractivity contribution in [1.29, 1.82) is 0 Å². The number of hydrogen-bond acceptors (Lipinski definition) is 1. The van der Waals surface area contributed by atoms with Crippen molar-refractivity contribution in [3.05, 3.63) is 102 Å². The van der Waals surface area contributed by atoms with E-state index in [-0.39, 0.29) is 0 Å². The largest absolute Gasteiger partial charge is 0.256 e. The summed E-state index contributed by atoms with van der Waals surface area (Å²) in [5.41, 5.74) is 6.84. The van der Waals surface area contributed by atoms with Crippen LogP contribution in [0.15, 0.2) is 102 Å². The van der Waals surface area contributed by atoms with E-state index in [1.165, 1.54) is 16.7 Å². The van der Waals surface area contributed by atoms with Gasteiger partial charge in [-0.05, 0) is 34.9 Å². The summed E-state index contributed by atoms with van der Waals surface area (Å²) in [6, 6.07) is 31.4. The predicted molar refractivity (Wildman–Crippen MR) is 108 cm³/mol. The third-order valence-electron chi connectivity index (χ3n) is 4.22. The molecule has 0 aliphatic heterocycles. The molecule has 0 N–H and O–H groups in total. The summed E-state index contributed by atoms with van der Waals surface area (Å²) in [7, 11) is 0. The van der Waals surface area contributed by atoms with Gasteiger partial charge in [0.05, 0.1) is 5.69 Å². The van der Waals surface area contributed by atoms with Crippen LogP contribution in [0.2, 0.25) is 0 Å². The number of pyridine rings is 1. The SMILES string of the molecule is Brc1ccc(-c2ccnc(-c3ccccc3)c2-c2ccccc2)cc1. The van der Waals surface area contributed by atoms with E-state index in [1.54, 1.807) is 0 Å². The van der Waals surface area contributed by atoms with Crippen molar-refractivity contribution in [1.82, 2.24) is 4.98 Å². The highest BCUT2D eigenvalue weighted by atomic mass is 79.9. The number of benzene rings is 3. The zero-order chi connectivity index (χ0) is 17.1. The number of hydrogen-bond donors (Lipinski definition) is 0. The van der Waals surface area contributed by atoms with E-state index < -0.39 is 0 Å². The first kappa shape index (κ1) is 15.8. The van der Waals surface area contributed by atoms with Crippen molar-refractivity contribution in [2.24, 2.45) is 0 Å². The quantitative estimate of drug-likeness (QED) is 0.375. The van der Waals surface area contributed by atoms with Gasteiger partial charge >= 0.3 is 0 Å². The van der Waals surface area contributed by atoms with Crippen molar-refractivity contribution >= 4 is 15.9 Å². The lowest BCUT2D eigenvalue weighted by Gasteiger charge is -2.15. The molecule has 0 bridgehead atoms. The Hall–Kier alpha value is -2.71. The molecule has 0 saturated carbocycles. The summed E-state index contributed by atoms with van der Waals surface area (Å²) >= 11 is 3.52. The molecular formula is C23H16BrN. The van der Waals surface area contributed by atoms with E-state index in [1.807, 2.05) is 18.3 Å². The van der Waals surface area contributed by atoms with Gasteiger partial charge in [0, 0.05) is 21.8 Å². The molecule has 0 aliphatic rings. The molecule has 0 saturated heterocycles. The normalized spacial score (nSPS) is 10.6. The highest BCUT2D eigenvalue weighted by Crippen LogP contribution is 2.38. The topological polar surface area (TPSA) is 12.9 Å². The van der Waals surface area contributed by atoms with Crippen LogP contribution in [-0.4, -0.2) is 4.98 Å². The molecule has 0 atom stereocenters. The number of aromatic nitrogens is 1. The second-order valence-electron chi connectivity index (χ2n) is 5.82. The molecule has 1 aromatic heterocycles. The van der Waals surface area contributed by atoms with Crippen LogP contribution in [0.4, 0.5) is 0 Å². The molecule has 120 valence electrons. The van der Waals surface area contributed by atoms with Gasteiger partial charge in [0.1, 0.15) is 0 Å². The number of rotatable bonds is 3. The Bertz CT molecular complexity index is 977. The van der Waals surface area contributed by atoms with Gasteiger partial charge in [-0.15, -0.1) is 0 Å². The van der Waals surface area contributed by atoms with Crippen LogP contribution in [0, 0.1) is 0 Å². The molecule has 1 nitrogen and oxygen atoms in total. The third-order valence-corrected chi connectivity index (χ3v) is 4.74. The Morgan fingerprint density at radius 3 is 1.80 bits per heavy atom. The molecule has 1 heterocycles. The molecular weight excluding hydrogens is 370 g/mol. The van der Waals surface area contributed by atoms with Gasteiger partial charge in [-0.1, -0.05) is 88.7 Å². The van der Waals surface area contributed by atoms with E-state index in [4.69, 9.17) is 4.98 Å². The Morgan fingerprint density at radius 1 is 0.560 bits per heavy atom. The number of nitrogens with zero attached hydrogens (tertiary/aromatic N) is 1. The maximum atomic E-state index is 4.72. The van der Waals surface area contributed by atoms with Gasteiger partial charge < -0.3 is 0 Å². The van der Waals surface area contributed by atoms with Gasteiger partial charge in [-0.2, -0.15) is 0 Å². The molecule has 0 unspecified atom stereocenters. The summed E-state index contributed by atoms with van der Waals surface area (Å²) in [5.74, 6) is 0. The minimum absolute atomic E-state index is 1.01. The van der Waals surface area contributed by atoms with Crippen LogP contribution < -0.4 is 0 Å². The first-order chi connectivity index (χ1) is 12.3. The molecule has 4 rings (SSSR count). The van der Waals surface area contributed by atoms with Gasteiger partial charge in [0.15, 0.2) is 0 Å². The Kier molecular flexibility index (Phi) is 4.45. The molecule has 2 heteroatoms. The van der Waals surface area contributed by atoms with Crippen molar-refractivity contribution in [3.63, 3.8) is 0 Å². The summed E-state index contributed by atoms with van der Waals surface area (Å²) in [6.07, 6.45) is 1.89. The summed E-state index contributed by atoms with van der Waals surface area (Å²) in [5, 5.41) is 0. The third kappa shape index (κ3) is 3.26. The molecule has 25 heavy (non-hydrogen) atoms. The fourth-order valence-electron chi connectivity index (χ4n) is 3.04. The van der Waals surface area contributed by atoms with Crippen LogP contribution >= 0.6 is 15.9 Å². The second kappa shape index (κ2) is 7.04. The number of halogens is 1. The van der Waals surface area contributed by atoms with E-state index >= 15 is 0 Å². The van der Waals surface area contributed by atoms with Gasteiger partial charge in [-0.25, -0.2) is 0 Å². The molecule has 0 spiro atoms. The first-order valence-corrected chi connectivity index (χ1v) is 8.98. The van der Waals surface area contributed by atoms with Crippen molar-refractivity contribution in [2.75, 3.05) is 0 Å². The minimum atomic E-state index is 1.01. The highest BCUT2D eigenvalue weighted by Gasteiger charge is 2.14. The van der Waals surface area contributed by atoms with E-state index in [2.05, 4.69) is 94.8 Å². The molecule has 3 aromatic carbocycles. The Morgan fingerprint density at radius 2 is 1.16 bits per heavy atom. The Labute approximate surface area is 156 Å². The van der Waals surface area contributed by atoms with Crippen molar-refractivity contribution in [2.45, 2.75) is 0 Å². The van der Waals surface area contributed by atoms with Crippen LogP contribution in [0.3, 0.4) is 0 Å². The molecule has 0 radical (unpaired) electrons. The van der Waals surface area contributed by atoms with Crippen molar-refractivity contribution < 1.29 is 0 Å².